The number of likely N-dealkylation sites (N-methyl/N-ethyl adjacent to an activating group) is 2. The number of hydrogen-bond acceptors (Lipinski definition) is 8. The lowest BCUT2D eigenvalue weighted by Crippen LogP contribution is -2.52. The van der Waals surface area contributed by atoms with Gasteiger partial charge in [0.15, 0.2) is 0 Å². The number of aromatic nitrogens is 2. The maximum absolute atomic E-state index is 12.4. The Labute approximate surface area is 173 Å². The summed E-state index contributed by atoms with van der Waals surface area (Å²) in [5.74, 6) is 1.47. The zero-order chi connectivity index (χ0) is 21.2. The Bertz CT molecular complexity index is 832. The topological polar surface area (TPSA) is 93.2 Å². The summed E-state index contributed by atoms with van der Waals surface area (Å²) in [5.41, 5.74) is 0.928. The van der Waals surface area contributed by atoms with E-state index in [1.54, 1.807) is 4.90 Å². The first-order chi connectivity index (χ1) is 13.6. The van der Waals surface area contributed by atoms with Crippen LogP contribution in [0.2, 0.25) is 0 Å². The fourth-order valence-corrected chi connectivity index (χ4v) is 3.78. The highest BCUT2D eigenvalue weighted by Crippen LogP contribution is 2.20. The molecular weight excluding hydrogens is 394 g/mol. The van der Waals surface area contributed by atoms with Crippen molar-refractivity contribution in [3.63, 3.8) is 0 Å². The first-order valence-electron chi connectivity index (χ1n) is 9.86. The SMILES string of the molecule is Cc1cc(N2CCN(C)CC2)nc(N2CCN(C(=O)CN(C)S(C)(=O)=O)CC2)n1. The van der Waals surface area contributed by atoms with E-state index in [2.05, 4.69) is 26.7 Å². The molecule has 2 saturated heterocycles. The van der Waals surface area contributed by atoms with Gasteiger partial charge in [-0.3, -0.25) is 4.79 Å². The van der Waals surface area contributed by atoms with Crippen LogP contribution in [0.4, 0.5) is 11.8 Å². The van der Waals surface area contributed by atoms with E-state index in [0.717, 1.165) is 48.3 Å². The molecule has 29 heavy (non-hydrogen) atoms. The summed E-state index contributed by atoms with van der Waals surface area (Å²) in [4.78, 5) is 30.2. The minimum absolute atomic E-state index is 0.132. The molecule has 0 aliphatic carbocycles. The van der Waals surface area contributed by atoms with Gasteiger partial charge in [0, 0.05) is 71.2 Å². The first kappa shape index (κ1) is 21.7. The Kier molecular flexibility index (Phi) is 6.59. The quantitative estimate of drug-likeness (QED) is 0.598. The zero-order valence-corrected chi connectivity index (χ0v) is 18.5. The van der Waals surface area contributed by atoms with Crippen LogP contribution in [0, 0.1) is 6.92 Å². The number of nitrogens with zero attached hydrogens (tertiary/aromatic N) is 7. The fourth-order valence-electron chi connectivity index (χ4n) is 3.44. The number of aryl methyl sites for hydroxylation is 1. The second kappa shape index (κ2) is 8.80. The molecule has 2 aliphatic heterocycles. The fraction of sp³-hybridized carbons (Fsp3) is 0.722. The monoisotopic (exact) mass is 425 g/mol. The second-order valence-electron chi connectivity index (χ2n) is 7.84. The molecule has 0 bridgehead atoms. The van der Waals surface area contributed by atoms with E-state index in [-0.39, 0.29) is 12.5 Å². The van der Waals surface area contributed by atoms with Crippen molar-refractivity contribution in [2.24, 2.45) is 0 Å². The highest BCUT2D eigenvalue weighted by Gasteiger charge is 2.26. The van der Waals surface area contributed by atoms with Gasteiger partial charge in [-0.05, 0) is 14.0 Å². The summed E-state index contributed by atoms with van der Waals surface area (Å²) in [7, 11) is 0.182. The van der Waals surface area contributed by atoms with Gasteiger partial charge in [-0.15, -0.1) is 0 Å². The molecule has 3 heterocycles. The van der Waals surface area contributed by atoms with E-state index in [9.17, 15) is 13.2 Å². The van der Waals surface area contributed by atoms with Crippen molar-refractivity contribution in [2.75, 3.05) is 89.1 Å². The molecule has 0 saturated carbocycles. The summed E-state index contributed by atoms with van der Waals surface area (Å²) >= 11 is 0. The molecule has 2 fully saturated rings. The number of amides is 1. The van der Waals surface area contributed by atoms with Crippen LogP contribution in [-0.4, -0.2) is 118 Å². The third-order valence-corrected chi connectivity index (χ3v) is 6.76. The Morgan fingerprint density at radius 3 is 2.21 bits per heavy atom. The van der Waals surface area contributed by atoms with Crippen LogP contribution in [0.15, 0.2) is 6.07 Å². The summed E-state index contributed by atoms with van der Waals surface area (Å²) < 4.78 is 24.1. The largest absolute Gasteiger partial charge is 0.354 e. The lowest BCUT2D eigenvalue weighted by Gasteiger charge is -2.36. The van der Waals surface area contributed by atoms with Gasteiger partial charge in [-0.1, -0.05) is 0 Å². The third-order valence-electron chi connectivity index (χ3n) is 5.50. The lowest BCUT2D eigenvalue weighted by atomic mass is 10.3. The van der Waals surface area contributed by atoms with Gasteiger partial charge in [-0.25, -0.2) is 13.4 Å². The number of hydrogen-bond donors (Lipinski definition) is 0. The van der Waals surface area contributed by atoms with Crippen LogP contribution in [0.5, 0.6) is 0 Å². The van der Waals surface area contributed by atoms with Crippen LogP contribution >= 0.6 is 0 Å². The molecule has 10 nitrogen and oxygen atoms in total. The van der Waals surface area contributed by atoms with Gasteiger partial charge in [0.25, 0.3) is 0 Å². The van der Waals surface area contributed by atoms with Crippen molar-refractivity contribution in [1.29, 1.82) is 0 Å². The van der Waals surface area contributed by atoms with Gasteiger partial charge in [0.05, 0.1) is 12.8 Å². The van der Waals surface area contributed by atoms with Crippen molar-refractivity contribution in [2.45, 2.75) is 6.92 Å². The summed E-state index contributed by atoms with van der Waals surface area (Å²) in [6.07, 6.45) is 1.10. The molecule has 1 amide bonds. The summed E-state index contributed by atoms with van der Waals surface area (Å²) in [6, 6.07) is 2.02. The molecule has 0 N–H and O–H groups in total. The van der Waals surface area contributed by atoms with Gasteiger partial charge < -0.3 is 19.6 Å². The van der Waals surface area contributed by atoms with Crippen LogP contribution in [0.1, 0.15) is 5.69 Å². The molecule has 1 aromatic heterocycles. The first-order valence-corrected chi connectivity index (χ1v) is 11.7. The lowest BCUT2D eigenvalue weighted by molar-refractivity contribution is -0.131. The molecule has 2 aliphatic rings. The average molecular weight is 426 g/mol. The molecule has 0 atom stereocenters. The van der Waals surface area contributed by atoms with Crippen molar-refractivity contribution in [3.05, 3.63) is 11.8 Å². The molecule has 0 spiro atoms. The van der Waals surface area contributed by atoms with Gasteiger partial charge in [-0.2, -0.15) is 9.29 Å². The van der Waals surface area contributed by atoms with Crippen LogP contribution < -0.4 is 9.80 Å². The van der Waals surface area contributed by atoms with Gasteiger partial charge in [0.1, 0.15) is 5.82 Å². The summed E-state index contributed by atoms with van der Waals surface area (Å²) in [6.45, 7) is 8.07. The Hall–Kier alpha value is -1.98. The smallest absolute Gasteiger partial charge is 0.238 e. The van der Waals surface area contributed by atoms with E-state index >= 15 is 0 Å². The average Bonchev–Trinajstić information content (AvgIpc) is 2.67. The number of rotatable bonds is 5. The van der Waals surface area contributed by atoms with Crippen molar-refractivity contribution in [3.8, 4) is 0 Å². The zero-order valence-electron chi connectivity index (χ0n) is 17.7. The minimum Gasteiger partial charge on any atom is -0.354 e. The summed E-state index contributed by atoms with van der Waals surface area (Å²) in [5, 5.41) is 0. The van der Waals surface area contributed by atoms with E-state index in [4.69, 9.17) is 4.98 Å². The van der Waals surface area contributed by atoms with Crippen LogP contribution in [-0.2, 0) is 14.8 Å². The number of carbonyl (C=O) groups is 1. The molecule has 11 heteroatoms. The van der Waals surface area contributed by atoms with E-state index < -0.39 is 10.0 Å². The maximum atomic E-state index is 12.4. The highest BCUT2D eigenvalue weighted by molar-refractivity contribution is 7.88. The normalized spacial score (nSPS) is 19.1. The molecular formula is C18H31N7O3S. The van der Waals surface area contributed by atoms with Crippen molar-refractivity contribution >= 4 is 27.7 Å². The van der Waals surface area contributed by atoms with E-state index in [0.29, 0.717) is 32.1 Å². The number of piperazine rings is 2. The standard InChI is InChI=1S/C18H31N7O3S/c1-15-13-16(23-7-5-21(2)6-8-23)20-18(19-15)25-11-9-24(10-12-25)17(26)14-22(3)29(4,27)28/h13H,5-12,14H2,1-4H3. The molecule has 3 rings (SSSR count). The van der Waals surface area contributed by atoms with Crippen molar-refractivity contribution in [1.82, 2.24) is 24.1 Å². The number of sulfonamides is 1. The Balaban J connectivity index is 1.61. The van der Waals surface area contributed by atoms with Crippen molar-refractivity contribution < 1.29 is 13.2 Å². The maximum Gasteiger partial charge on any atom is 0.238 e. The molecule has 1 aromatic rings. The number of anilines is 2. The van der Waals surface area contributed by atoms with E-state index in [1.165, 1.54) is 7.05 Å². The highest BCUT2D eigenvalue weighted by atomic mass is 32.2. The second-order valence-corrected chi connectivity index (χ2v) is 9.93. The molecule has 0 unspecified atom stereocenters. The van der Waals surface area contributed by atoms with Gasteiger partial charge in [0.2, 0.25) is 21.9 Å². The molecule has 0 radical (unpaired) electrons. The predicted molar refractivity (Wildman–Crippen MR) is 113 cm³/mol. The third kappa shape index (κ3) is 5.55. The Morgan fingerprint density at radius 2 is 1.62 bits per heavy atom. The van der Waals surface area contributed by atoms with Crippen LogP contribution in [0.25, 0.3) is 0 Å². The molecule has 0 aromatic carbocycles. The van der Waals surface area contributed by atoms with E-state index in [1.807, 2.05) is 13.0 Å². The molecule has 162 valence electrons. The number of carbonyl (C=O) groups excluding carboxylic acids is 1. The minimum atomic E-state index is -3.37. The predicted octanol–water partition coefficient (Wildman–Crippen LogP) is -0.923. The van der Waals surface area contributed by atoms with Gasteiger partial charge >= 0.3 is 0 Å². The van der Waals surface area contributed by atoms with Crippen LogP contribution in [0.3, 0.4) is 0 Å². The Morgan fingerprint density at radius 1 is 1.03 bits per heavy atom.